The fourth-order valence-corrected chi connectivity index (χ4v) is 2.57. The highest BCUT2D eigenvalue weighted by Gasteiger charge is 2.16. The topological polar surface area (TPSA) is 71.9 Å². The number of quaternary nitrogens is 1. The molecular formula is C20H26N3O3+. The van der Waals surface area contributed by atoms with Crippen molar-refractivity contribution in [2.24, 2.45) is 0 Å². The Bertz CT molecular complexity index is 772. The highest BCUT2D eigenvalue weighted by atomic mass is 16.5. The number of rotatable bonds is 7. The molecule has 26 heavy (non-hydrogen) atoms. The first-order valence-electron chi connectivity index (χ1n) is 8.49. The third kappa shape index (κ3) is 5.89. The van der Waals surface area contributed by atoms with Crippen molar-refractivity contribution in [3.05, 3.63) is 53.6 Å². The first-order valence-corrected chi connectivity index (χ1v) is 8.49. The summed E-state index contributed by atoms with van der Waals surface area (Å²) in [6.45, 7) is 4.32. The third-order valence-corrected chi connectivity index (χ3v) is 3.89. The summed E-state index contributed by atoms with van der Waals surface area (Å²) in [5.74, 6) is 0.306. The Labute approximate surface area is 154 Å². The van der Waals surface area contributed by atoms with Crippen LogP contribution in [0.25, 0.3) is 0 Å². The van der Waals surface area contributed by atoms with Crippen LogP contribution in [-0.4, -0.2) is 39.1 Å². The molecule has 2 aromatic rings. The van der Waals surface area contributed by atoms with Gasteiger partial charge < -0.3 is 20.3 Å². The second kappa shape index (κ2) is 9.01. The van der Waals surface area contributed by atoms with Crippen molar-refractivity contribution in [3.8, 4) is 5.75 Å². The minimum absolute atomic E-state index is 0.132. The molecule has 2 aromatic carbocycles. The van der Waals surface area contributed by atoms with Gasteiger partial charge in [-0.2, -0.15) is 0 Å². The standard InChI is InChI=1S/C20H25N3O3/c1-14-5-8-16(9-6-14)21-19(24)12-23(3)13-20(25)22-17-11-15(2)7-10-18(17)26-4/h5-11H,12-13H2,1-4H3,(H,21,24)(H,22,25)/p+1. The fraction of sp³-hybridized carbons (Fsp3) is 0.300. The van der Waals surface area contributed by atoms with Gasteiger partial charge in [-0.05, 0) is 43.7 Å². The summed E-state index contributed by atoms with van der Waals surface area (Å²) < 4.78 is 5.26. The Balaban J connectivity index is 1.86. The van der Waals surface area contributed by atoms with Gasteiger partial charge in [0, 0.05) is 5.69 Å². The van der Waals surface area contributed by atoms with Gasteiger partial charge in [0.15, 0.2) is 13.1 Å². The molecular weight excluding hydrogens is 330 g/mol. The van der Waals surface area contributed by atoms with Gasteiger partial charge in [-0.25, -0.2) is 0 Å². The van der Waals surface area contributed by atoms with E-state index < -0.39 is 0 Å². The Morgan fingerprint density at radius 2 is 1.50 bits per heavy atom. The van der Waals surface area contributed by atoms with Gasteiger partial charge in [-0.15, -0.1) is 0 Å². The molecule has 0 heterocycles. The zero-order valence-electron chi connectivity index (χ0n) is 15.7. The lowest BCUT2D eigenvalue weighted by atomic mass is 10.2. The minimum Gasteiger partial charge on any atom is -0.495 e. The summed E-state index contributed by atoms with van der Waals surface area (Å²) in [6.07, 6.45) is 0. The third-order valence-electron chi connectivity index (χ3n) is 3.89. The molecule has 138 valence electrons. The molecule has 1 unspecified atom stereocenters. The molecule has 0 aliphatic rings. The number of methoxy groups -OCH3 is 1. The van der Waals surface area contributed by atoms with E-state index in [9.17, 15) is 9.59 Å². The number of benzene rings is 2. The fourth-order valence-electron chi connectivity index (χ4n) is 2.57. The molecule has 6 heteroatoms. The van der Waals surface area contributed by atoms with E-state index in [1.807, 2.05) is 63.4 Å². The molecule has 0 saturated heterocycles. The number of aryl methyl sites for hydroxylation is 2. The van der Waals surface area contributed by atoms with E-state index in [0.717, 1.165) is 21.7 Å². The number of ether oxygens (including phenoxy) is 1. The predicted molar refractivity (Wildman–Crippen MR) is 103 cm³/mol. The zero-order valence-corrected chi connectivity index (χ0v) is 15.7. The quantitative estimate of drug-likeness (QED) is 0.702. The zero-order chi connectivity index (χ0) is 19.1. The highest BCUT2D eigenvalue weighted by Crippen LogP contribution is 2.24. The van der Waals surface area contributed by atoms with Crippen LogP contribution in [0, 0.1) is 13.8 Å². The molecule has 2 amide bonds. The lowest BCUT2D eigenvalue weighted by molar-refractivity contribution is -0.862. The number of carbonyl (C=O) groups is 2. The van der Waals surface area contributed by atoms with Crippen molar-refractivity contribution in [2.45, 2.75) is 13.8 Å². The lowest BCUT2D eigenvalue weighted by Crippen LogP contribution is -3.11. The van der Waals surface area contributed by atoms with Gasteiger partial charge in [0.2, 0.25) is 0 Å². The maximum absolute atomic E-state index is 12.3. The van der Waals surface area contributed by atoms with Gasteiger partial charge in [-0.3, -0.25) is 9.59 Å². The van der Waals surface area contributed by atoms with Gasteiger partial charge in [-0.1, -0.05) is 23.8 Å². The summed E-state index contributed by atoms with van der Waals surface area (Å²) in [4.78, 5) is 25.2. The predicted octanol–water partition coefficient (Wildman–Crippen LogP) is 1.40. The van der Waals surface area contributed by atoms with E-state index in [2.05, 4.69) is 10.6 Å². The summed E-state index contributed by atoms with van der Waals surface area (Å²) in [5, 5.41) is 5.68. The van der Waals surface area contributed by atoms with Crippen LogP contribution in [0.4, 0.5) is 11.4 Å². The molecule has 0 radical (unpaired) electrons. The molecule has 2 rings (SSSR count). The molecule has 0 aliphatic heterocycles. The Hall–Kier alpha value is -2.86. The minimum atomic E-state index is -0.172. The van der Waals surface area contributed by atoms with Crippen LogP contribution in [-0.2, 0) is 9.59 Å². The van der Waals surface area contributed by atoms with E-state index in [0.29, 0.717) is 11.4 Å². The smallest absolute Gasteiger partial charge is 0.279 e. The number of carbonyl (C=O) groups excluding carboxylic acids is 2. The molecule has 1 atom stereocenters. The van der Waals surface area contributed by atoms with Crippen LogP contribution in [0.5, 0.6) is 5.75 Å². The highest BCUT2D eigenvalue weighted by molar-refractivity contribution is 5.94. The van der Waals surface area contributed by atoms with Gasteiger partial charge in [0.25, 0.3) is 11.8 Å². The van der Waals surface area contributed by atoms with Crippen molar-refractivity contribution in [3.63, 3.8) is 0 Å². The van der Waals surface area contributed by atoms with Crippen molar-refractivity contribution < 1.29 is 19.2 Å². The molecule has 0 bridgehead atoms. The van der Waals surface area contributed by atoms with Crippen molar-refractivity contribution >= 4 is 23.2 Å². The summed E-state index contributed by atoms with van der Waals surface area (Å²) in [6, 6.07) is 13.2. The lowest BCUT2D eigenvalue weighted by Gasteiger charge is -2.15. The largest absolute Gasteiger partial charge is 0.495 e. The number of amides is 2. The monoisotopic (exact) mass is 356 g/mol. The first-order chi connectivity index (χ1) is 12.4. The average Bonchev–Trinajstić information content (AvgIpc) is 2.56. The maximum Gasteiger partial charge on any atom is 0.279 e. The van der Waals surface area contributed by atoms with Crippen molar-refractivity contribution in [2.75, 3.05) is 37.9 Å². The Kier molecular flexibility index (Phi) is 6.74. The molecule has 0 spiro atoms. The number of hydrogen-bond acceptors (Lipinski definition) is 3. The van der Waals surface area contributed by atoms with Crippen LogP contribution in [0.2, 0.25) is 0 Å². The van der Waals surface area contributed by atoms with E-state index in [1.165, 1.54) is 0 Å². The van der Waals surface area contributed by atoms with Gasteiger partial charge >= 0.3 is 0 Å². The molecule has 0 aliphatic carbocycles. The normalized spacial score (nSPS) is 11.5. The number of likely N-dealkylation sites (N-methyl/N-ethyl adjacent to an activating group) is 1. The van der Waals surface area contributed by atoms with Crippen LogP contribution < -0.4 is 20.3 Å². The molecule has 6 nitrogen and oxygen atoms in total. The van der Waals surface area contributed by atoms with Crippen molar-refractivity contribution in [1.82, 2.24) is 0 Å². The van der Waals surface area contributed by atoms with Crippen molar-refractivity contribution in [1.29, 1.82) is 0 Å². The van der Waals surface area contributed by atoms with E-state index in [-0.39, 0.29) is 24.9 Å². The first kappa shape index (κ1) is 19.5. The van der Waals surface area contributed by atoms with E-state index in [4.69, 9.17) is 4.74 Å². The Morgan fingerprint density at radius 1 is 0.923 bits per heavy atom. The summed E-state index contributed by atoms with van der Waals surface area (Å²) in [5.41, 5.74) is 3.55. The van der Waals surface area contributed by atoms with Crippen LogP contribution >= 0.6 is 0 Å². The van der Waals surface area contributed by atoms with Crippen LogP contribution in [0.3, 0.4) is 0 Å². The summed E-state index contributed by atoms with van der Waals surface area (Å²) >= 11 is 0. The van der Waals surface area contributed by atoms with Gasteiger partial charge in [0.1, 0.15) is 5.75 Å². The molecule has 0 aromatic heterocycles. The SMILES string of the molecule is COc1ccc(C)cc1NC(=O)C[NH+](C)CC(=O)Nc1ccc(C)cc1. The number of nitrogens with one attached hydrogen (secondary N) is 3. The Morgan fingerprint density at radius 3 is 2.12 bits per heavy atom. The molecule has 0 saturated carbocycles. The van der Waals surface area contributed by atoms with E-state index >= 15 is 0 Å². The maximum atomic E-state index is 12.3. The average molecular weight is 356 g/mol. The second-order valence-corrected chi connectivity index (χ2v) is 6.48. The summed E-state index contributed by atoms with van der Waals surface area (Å²) in [7, 11) is 3.37. The molecule has 3 N–H and O–H groups in total. The number of anilines is 2. The number of hydrogen-bond donors (Lipinski definition) is 3. The van der Waals surface area contributed by atoms with Crippen LogP contribution in [0.15, 0.2) is 42.5 Å². The molecule has 0 fully saturated rings. The van der Waals surface area contributed by atoms with E-state index in [1.54, 1.807) is 7.11 Å². The van der Waals surface area contributed by atoms with Gasteiger partial charge in [0.05, 0.1) is 19.8 Å². The van der Waals surface area contributed by atoms with Crippen LogP contribution in [0.1, 0.15) is 11.1 Å². The second-order valence-electron chi connectivity index (χ2n) is 6.48.